The highest BCUT2D eigenvalue weighted by molar-refractivity contribution is 7.98. The number of pyridine rings is 2. The van der Waals surface area contributed by atoms with Crippen molar-refractivity contribution in [2.24, 2.45) is 0 Å². The normalized spacial score (nSPS) is 18.7. The van der Waals surface area contributed by atoms with Gasteiger partial charge in [0.2, 0.25) is 17.7 Å². The number of nitrogens with one attached hydrogen (secondary N) is 4. The molecule has 12 nitrogen and oxygen atoms in total. The summed E-state index contributed by atoms with van der Waals surface area (Å²) in [5.74, 6) is -0.898. The van der Waals surface area contributed by atoms with Crippen molar-refractivity contribution in [3.05, 3.63) is 95.8 Å². The van der Waals surface area contributed by atoms with E-state index in [2.05, 4.69) is 30.8 Å². The van der Waals surface area contributed by atoms with Crippen molar-refractivity contribution in [3.8, 4) is 23.3 Å². The second-order valence-electron chi connectivity index (χ2n) is 14.1. The molecule has 17 heteroatoms. The van der Waals surface area contributed by atoms with Crippen LogP contribution < -0.4 is 30.3 Å². The van der Waals surface area contributed by atoms with Crippen LogP contribution in [0.2, 0.25) is 0 Å². The van der Waals surface area contributed by atoms with Crippen molar-refractivity contribution < 1.29 is 37.7 Å². The molecular weight excluding hydrogens is 822 g/mol. The Hall–Kier alpha value is -4.48. The van der Waals surface area contributed by atoms with Crippen LogP contribution in [-0.2, 0) is 4.79 Å². The smallest absolute Gasteiger partial charge is 0.257 e. The molecule has 2 fully saturated rings. The number of hydrogen-bond acceptors (Lipinski definition) is 11. The Balaban J connectivity index is 0.000000227. The Morgan fingerprint density at radius 3 is 1.53 bits per heavy atom. The first kappa shape index (κ1) is 45.6. The Morgan fingerprint density at radius 2 is 1.12 bits per heavy atom. The SMILES string of the molecule is CSc1cccc(Oc2ncc(F)cc2C(=O)NC2CCC(NC(=O)CCCO)CC2)c1.CSc1cccc(Oc2ncc(F)cc2C(=O)NC2CCC(NCl)CC2)c1. The maximum atomic E-state index is 13.8. The van der Waals surface area contributed by atoms with Crippen molar-refractivity contribution in [1.29, 1.82) is 0 Å². The second-order valence-corrected chi connectivity index (χ2v) is 16.1. The predicted molar refractivity (Wildman–Crippen MR) is 225 cm³/mol. The van der Waals surface area contributed by atoms with Crippen LogP contribution in [0.25, 0.3) is 0 Å². The van der Waals surface area contributed by atoms with Crippen LogP contribution in [0, 0.1) is 11.6 Å². The lowest BCUT2D eigenvalue weighted by atomic mass is 9.91. The summed E-state index contributed by atoms with van der Waals surface area (Å²) in [7, 11) is 0. The lowest BCUT2D eigenvalue weighted by molar-refractivity contribution is -0.122. The summed E-state index contributed by atoms with van der Waals surface area (Å²) in [4.78, 5) is 50.1. The average Bonchev–Trinajstić information content (AvgIpc) is 3.25. The van der Waals surface area contributed by atoms with Gasteiger partial charge in [-0.05, 0) is 131 Å². The number of hydrogen-bond donors (Lipinski definition) is 5. The fraction of sp³-hybridized carbons (Fsp3) is 0.405. The van der Waals surface area contributed by atoms with E-state index < -0.39 is 17.5 Å². The van der Waals surface area contributed by atoms with Crippen molar-refractivity contribution in [2.45, 2.75) is 98.2 Å². The molecule has 0 saturated heterocycles. The average molecular weight is 871 g/mol. The van der Waals surface area contributed by atoms with Crippen LogP contribution in [0.15, 0.2) is 82.8 Å². The van der Waals surface area contributed by atoms with Gasteiger partial charge in [0.05, 0.1) is 12.4 Å². The fourth-order valence-corrected chi connectivity index (χ4v) is 7.80. The fourth-order valence-electron chi connectivity index (χ4n) is 6.69. The van der Waals surface area contributed by atoms with Gasteiger partial charge in [0.1, 0.15) is 34.3 Å². The summed E-state index contributed by atoms with van der Waals surface area (Å²) in [6, 6.07) is 17.3. The van der Waals surface area contributed by atoms with Gasteiger partial charge < -0.3 is 30.5 Å². The third-order valence-corrected chi connectivity index (χ3v) is 11.6. The van der Waals surface area contributed by atoms with E-state index in [9.17, 15) is 23.2 Å². The Kier molecular flexibility index (Phi) is 18.0. The lowest BCUT2D eigenvalue weighted by Crippen LogP contribution is -2.43. The van der Waals surface area contributed by atoms with Crippen LogP contribution in [0.1, 0.15) is 84.9 Å². The van der Waals surface area contributed by atoms with Gasteiger partial charge in [-0.25, -0.2) is 23.6 Å². The highest BCUT2D eigenvalue weighted by Crippen LogP contribution is 2.30. The maximum Gasteiger partial charge on any atom is 0.257 e. The van der Waals surface area contributed by atoms with E-state index in [0.717, 1.165) is 72.8 Å². The quantitative estimate of drug-likeness (QED) is 0.0578. The van der Waals surface area contributed by atoms with Gasteiger partial charge in [0, 0.05) is 47.0 Å². The summed E-state index contributed by atoms with van der Waals surface area (Å²) in [6.45, 7) is -0.00413. The molecule has 0 radical (unpaired) electrons. The van der Waals surface area contributed by atoms with Crippen LogP contribution in [0.3, 0.4) is 0 Å². The van der Waals surface area contributed by atoms with Crippen LogP contribution >= 0.6 is 35.3 Å². The molecule has 4 aromatic rings. The molecule has 0 unspecified atom stereocenters. The van der Waals surface area contributed by atoms with Gasteiger partial charge in [-0.1, -0.05) is 12.1 Å². The number of aliphatic hydroxyl groups excluding tert-OH is 1. The topological polar surface area (TPSA) is 164 Å². The van der Waals surface area contributed by atoms with Crippen molar-refractivity contribution in [1.82, 2.24) is 30.8 Å². The molecule has 2 saturated carbocycles. The monoisotopic (exact) mass is 870 g/mol. The Morgan fingerprint density at radius 1 is 0.695 bits per heavy atom. The predicted octanol–water partition coefficient (Wildman–Crippen LogP) is 8.18. The van der Waals surface area contributed by atoms with Crippen LogP contribution in [-0.4, -0.2) is 76.1 Å². The number of halogens is 3. The molecule has 0 aliphatic heterocycles. The number of amides is 3. The first-order valence-electron chi connectivity index (χ1n) is 19.4. The molecule has 5 N–H and O–H groups in total. The summed E-state index contributed by atoms with van der Waals surface area (Å²) in [5, 5.41) is 17.7. The van der Waals surface area contributed by atoms with Gasteiger partial charge in [0.15, 0.2) is 0 Å². The highest BCUT2D eigenvalue weighted by Gasteiger charge is 2.27. The minimum atomic E-state index is -0.616. The molecule has 2 aromatic heterocycles. The van der Waals surface area contributed by atoms with E-state index >= 15 is 0 Å². The molecule has 2 aromatic carbocycles. The van der Waals surface area contributed by atoms with Gasteiger partial charge in [-0.3, -0.25) is 14.4 Å². The van der Waals surface area contributed by atoms with Gasteiger partial charge in [-0.2, -0.15) is 0 Å². The molecule has 0 spiro atoms. The third kappa shape index (κ3) is 14.3. The summed E-state index contributed by atoms with van der Waals surface area (Å²) in [6.07, 6.45) is 13.0. The summed E-state index contributed by atoms with van der Waals surface area (Å²) >= 11 is 8.80. The second kappa shape index (κ2) is 23.3. The molecule has 2 aliphatic rings. The molecule has 6 rings (SSSR count). The Labute approximate surface area is 356 Å². The maximum absolute atomic E-state index is 13.8. The summed E-state index contributed by atoms with van der Waals surface area (Å²) in [5.41, 5.74) is 0.126. The van der Waals surface area contributed by atoms with Gasteiger partial charge in [-0.15, -0.1) is 23.5 Å². The van der Waals surface area contributed by atoms with E-state index in [-0.39, 0.29) is 65.5 Å². The molecule has 0 atom stereocenters. The number of ether oxygens (including phenoxy) is 2. The number of benzene rings is 2. The van der Waals surface area contributed by atoms with E-state index in [1.54, 1.807) is 35.7 Å². The van der Waals surface area contributed by atoms with E-state index in [1.807, 2.05) is 48.9 Å². The van der Waals surface area contributed by atoms with Crippen molar-refractivity contribution in [2.75, 3.05) is 19.1 Å². The standard InChI is InChI=1S/C23H28FN3O4S.C19H21ClFN3O2S/c1-32-19-5-2-4-18(13-19)31-23-20(12-15(24)14-25-23)22(30)27-17-9-7-16(8-10-17)26-21(29)6-3-11-28;1-27-16-4-2-3-15(10-16)26-19-17(9-12(21)11-22-19)18(25)23-13-5-7-14(24-20)8-6-13/h2,4-5,12-14,16-17,28H,3,6-11H2,1H3,(H,26,29)(H,27,30);2-4,9-11,13-14,24H,5-8H2,1H3,(H,23,25). The molecule has 59 heavy (non-hydrogen) atoms. The number of aliphatic hydroxyl groups is 1. The zero-order valence-electron chi connectivity index (χ0n) is 32.8. The van der Waals surface area contributed by atoms with Crippen molar-refractivity contribution >= 4 is 53.0 Å². The highest BCUT2D eigenvalue weighted by atomic mass is 35.5. The number of thioether (sulfide) groups is 2. The number of aromatic nitrogens is 2. The Bertz CT molecular complexity index is 2020. The van der Waals surface area contributed by atoms with Crippen molar-refractivity contribution in [3.63, 3.8) is 0 Å². The largest absolute Gasteiger partial charge is 0.438 e. The van der Waals surface area contributed by atoms with Crippen LogP contribution in [0.5, 0.6) is 23.3 Å². The lowest BCUT2D eigenvalue weighted by Gasteiger charge is -2.29. The molecule has 316 valence electrons. The third-order valence-electron chi connectivity index (χ3n) is 9.84. The number of carbonyl (C=O) groups excluding carboxylic acids is 3. The van der Waals surface area contributed by atoms with Gasteiger partial charge in [0.25, 0.3) is 11.8 Å². The van der Waals surface area contributed by atoms with Gasteiger partial charge >= 0.3 is 0 Å². The molecular formula is C42H49ClF2N6O6S2. The first-order valence-corrected chi connectivity index (χ1v) is 22.2. The van der Waals surface area contributed by atoms with Crippen LogP contribution in [0.4, 0.5) is 8.78 Å². The molecule has 2 heterocycles. The number of carbonyl (C=O) groups is 3. The minimum absolute atomic E-state index is 0.00413. The first-order chi connectivity index (χ1) is 28.6. The van der Waals surface area contributed by atoms with E-state index in [4.69, 9.17) is 26.4 Å². The van der Waals surface area contributed by atoms with E-state index in [1.165, 1.54) is 0 Å². The molecule has 2 aliphatic carbocycles. The van der Waals surface area contributed by atoms with E-state index in [0.29, 0.717) is 37.2 Å². The number of rotatable bonds is 15. The summed E-state index contributed by atoms with van der Waals surface area (Å²) < 4.78 is 39.1. The zero-order chi connectivity index (χ0) is 42.1. The zero-order valence-corrected chi connectivity index (χ0v) is 35.2. The number of nitrogens with zero attached hydrogens (tertiary/aromatic N) is 2. The molecule has 0 bridgehead atoms. The molecule has 3 amide bonds. The minimum Gasteiger partial charge on any atom is -0.438 e.